The van der Waals surface area contributed by atoms with Crippen LogP contribution in [0, 0.1) is 0 Å². The highest BCUT2D eigenvalue weighted by Crippen LogP contribution is 2.06. The number of halogens is 1. The zero-order valence-corrected chi connectivity index (χ0v) is 8.21. The first-order chi connectivity index (χ1) is 6.36. The summed E-state index contributed by atoms with van der Waals surface area (Å²) in [5, 5.41) is 3.03. The maximum atomic E-state index is 5.52. The molecule has 13 heavy (non-hydrogen) atoms. The van der Waals surface area contributed by atoms with Crippen LogP contribution in [0.5, 0.6) is 5.88 Å². The van der Waals surface area contributed by atoms with E-state index in [4.69, 9.17) is 16.3 Å². The molecule has 0 radical (unpaired) electrons. The molecule has 1 aromatic rings. The van der Waals surface area contributed by atoms with Gasteiger partial charge in [-0.2, -0.15) is 4.98 Å². The van der Waals surface area contributed by atoms with Gasteiger partial charge in [0.1, 0.15) is 0 Å². The molecule has 0 saturated heterocycles. The number of alkyl halides is 1. The van der Waals surface area contributed by atoms with Crippen molar-refractivity contribution in [3.63, 3.8) is 0 Å². The second kappa shape index (κ2) is 5.59. The van der Waals surface area contributed by atoms with Crippen molar-refractivity contribution < 1.29 is 4.74 Å². The third-order valence-electron chi connectivity index (χ3n) is 1.43. The smallest absolute Gasteiger partial charge is 0.225 e. The Kier molecular flexibility index (Phi) is 4.32. The Morgan fingerprint density at radius 2 is 2.46 bits per heavy atom. The van der Waals surface area contributed by atoms with Crippen molar-refractivity contribution in [2.24, 2.45) is 0 Å². The average molecular weight is 202 g/mol. The van der Waals surface area contributed by atoms with Crippen molar-refractivity contribution in [2.75, 3.05) is 24.9 Å². The Balaban J connectivity index is 2.46. The van der Waals surface area contributed by atoms with Crippen LogP contribution < -0.4 is 10.1 Å². The Labute approximate surface area is 82.3 Å². The zero-order valence-electron chi connectivity index (χ0n) is 7.46. The molecule has 0 aromatic carbocycles. The number of anilines is 1. The fourth-order valence-corrected chi connectivity index (χ4v) is 0.942. The zero-order chi connectivity index (χ0) is 9.52. The van der Waals surface area contributed by atoms with Crippen LogP contribution in [0.25, 0.3) is 0 Å². The lowest BCUT2D eigenvalue weighted by Crippen LogP contribution is -2.05. The molecular weight excluding hydrogens is 190 g/mol. The summed E-state index contributed by atoms with van der Waals surface area (Å²) in [5.74, 6) is 1.77. The summed E-state index contributed by atoms with van der Waals surface area (Å²) in [6.45, 7) is 0.774. The molecule has 0 amide bonds. The molecule has 0 aliphatic rings. The highest BCUT2D eigenvalue weighted by atomic mass is 35.5. The van der Waals surface area contributed by atoms with E-state index in [1.54, 1.807) is 19.4 Å². The maximum Gasteiger partial charge on any atom is 0.225 e. The number of methoxy groups -OCH3 is 1. The van der Waals surface area contributed by atoms with Crippen molar-refractivity contribution in [3.05, 3.63) is 12.3 Å². The highest BCUT2D eigenvalue weighted by molar-refractivity contribution is 6.17. The number of nitrogens with one attached hydrogen (secondary N) is 1. The van der Waals surface area contributed by atoms with Gasteiger partial charge in [-0.1, -0.05) is 0 Å². The van der Waals surface area contributed by atoms with Crippen LogP contribution in [0.15, 0.2) is 12.3 Å². The summed E-state index contributed by atoms with van der Waals surface area (Å²) in [7, 11) is 1.57. The molecular formula is C8H12ClN3O. The van der Waals surface area contributed by atoms with E-state index in [0.29, 0.717) is 17.7 Å². The monoisotopic (exact) mass is 201 g/mol. The van der Waals surface area contributed by atoms with E-state index in [0.717, 1.165) is 13.0 Å². The SMILES string of the molecule is COc1ccnc(NCCCCl)n1. The van der Waals surface area contributed by atoms with Gasteiger partial charge in [0.25, 0.3) is 0 Å². The average Bonchev–Trinajstić information content (AvgIpc) is 2.19. The van der Waals surface area contributed by atoms with Crippen molar-refractivity contribution in [1.29, 1.82) is 0 Å². The number of hydrogen-bond acceptors (Lipinski definition) is 4. The van der Waals surface area contributed by atoms with Crippen LogP contribution in [0.1, 0.15) is 6.42 Å². The van der Waals surface area contributed by atoms with Gasteiger partial charge in [0, 0.05) is 24.7 Å². The van der Waals surface area contributed by atoms with Crippen LogP contribution in [-0.4, -0.2) is 29.5 Å². The molecule has 0 saturated carbocycles. The van der Waals surface area contributed by atoms with Crippen LogP contribution in [-0.2, 0) is 0 Å². The topological polar surface area (TPSA) is 47.0 Å². The summed E-state index contributed by atoms with van der Waals surface area (Å²) >= 11 is 5.52. The van der Waals surface area contributed by atoms with Gasteiger partial charge >= 0.3 is 0 Å². The Hall–Kier alpha value is -1.03. The van der Waals surface area contributed by atoms with E-state index in [9.17, 15) is 0 Å². The molecule has 5 heteroatoms. The molecule has 72 valence electrons. The maximum absolute atomic E-state index is 5.52. The third kappa shape index (κ3) is 3.46. The van der Waals surface area contributed by atoms with Crippen molar-refractivity contribution >= 4 is 17.5 Å². The summed E-state index contributed by atoms with van der Waals surface area (Å²) in [6, 6.07) is 1.70. The highest BCUT2D eigenvalue weighted by Gasteiger charge is 1.96. The Bertz CT molecular complexity index is 257. The lowest BCUT2D eigenvalue weighted by Gasteiger charge is -2.03. The molecule has 1 N–H and O–H groups in total. The quantitative estimate of drug-likeness (QED) is 0.580. The van der Waals surface area contributed by atoms with E-state index in [2.05, 4.69) is 15.3 Å². The molecule has 1 heterocycles. The minimum absolute atomic E-state index is 0.559. The fourth-order valence-electron chi connectivity index (χ4n) is 0.808. The van der Waals surface area contributed by atoms with Gasteiger partial charge in [-0.25, -0.2) is 4.98 Å². The number of rotatable bonds is 5. The molecule has 0 bridgehead atoms. The summed E-state index contributed by atoms with van der Waals surface area (Å²) in [4.78, 5) is 8.09. The van der Waals surface area contributed by atoms with Crippen molar-refractivity contribution in [1.82, 2.24) is 9.97 Å². The first-order valence-corrected chi connectivity index (χ1v) is 4.57. The van der Waals surface area contributed by atoms with Gasteiger partial charge in [0.15, 0.2) is 0 Å². The predicted molar refractivity (Wildman–Crippen MR) is 52.4 cm³/mol. The van der Waals surface area contributed by atoms with Gasteiger partial charge in [-0.3, -0.25) is 0 Å². The lowest BCUT2D eigenvalue weighted by molar-refractivity contribution is 0.397. The number of ether oxygens (including phenoxy) is 1. The first-order valence-electron chi connectivity index (χ1n) is 4.03. The minimum atomic E-state index is 0.559. The number of hydrogen-bond donors (Lipinski definition) is 1. The van der Waals surface area contributed by atoms with Crippen LogP contribution in [0.4, 0.5) is 5.95 Å². The van der Waals surface area contributed by atoms with Gasteiger partial charge in [0.2, 0.25) is 11.8 Å². The fraction of sp³-hybridized carbons (Fsp3) is 0.500. The Morgan fingerprint density at radius 3 is 3.15 bits per heavy atom. The van der Waals surface area contributed by atoms with Crippen molar-refractivity contribution in [3.8, 4) is 5.88 Å². The van der Waals surface area contributed by atoms with E-state index in [1.807, 2.05) is 0 Å². The second-order valence-electron chi connectivity index (χ2n) is 2.39. The van der Waals surface area contributed by atoms with Crippen LogP contribution in [0.2, 0.25) is 0 Å². The molecule has 0 fully saturated rings. The number of aromatic nitrogens is 2. The molecule has 4 nitrogen and oxygen atoms in total. The standard InChI is InChI=1S/C8H12ClN3O/c1-13-7-3-6-11-8(12-7)10-5-2-4-9/h3,6H,2,4-5H2,1H3,(H,10,11,12). The van der Waals surface area contributed by atoms with E-state index in [1.165, 1.54) is 0 Å². The van der Waals surface area contributed by atoms with Gasteiger partial charge in [-0.15, -0.1) is 11.6 Å². The van der Waals surface area contributed by atoms with Crippen LogP contribution >= 0.6 is 11.6 Å². The first kappa shape index (κ1) is 10.1. The summed E-state index contributed by atoms with van der Waals surface area (Å²) in [6.07, 6.45) is 2.54. The van der Waals surface area contributed by atoms with E-state index in [-0.39, 0.29) is 0 Å². The summed E-state index contributed by atoms with van der Waals surface area (Å²) < 4.78 is 4.94. The molecule has 0 atom stereocenters. The van der Waals surface area contributed by atoms with E-state index < -0.39 is 0 Å². The van der Waals surface area contributed by atoms with Crippen molar-refractivity contribution in [2.45, 2.75) is 6.42 Å². The molecule has 0 aliphatic carbocycles. The Morgan fingerprint density at radius 1 is 1.62 bits per heavy atom. The third-order valence-corrected chi connectivity index (χ3v) is 1.70. The number of nitrogens with zero attached hydrogens (tertiary/aromatic N) is 2. The molecule has 0 spiro atoms. The van der Waals surface area contributed by atoms with Gasteiger partial charge in [0.05, 0.1) is 7.11 Å². The second-order valence-corrected chi connectivity index (χ2v) is 2.77. The normalized spacial score (nSPS) is 9.69. The van der Waals surface area contributed by atoms with E-state index >= 15 is 0 Å². The summed E-state index contributed by atoms with van der Waals surface area (Å²) in [5.41, 5.74) is 0. The molecule has 0 unspecified atom stereocenters. The largest absolute Gasteiger partial charge is 0.481 e. The van der Waals surface area contributed by atoms with Gasteiger partial charge in [-0.05, 0) is 6.42 Å². The van der Waals surface area contributed by atoms with Gasteiger partial charge < -0.3 is 10.1 Å². The predicted octanol–water partition coefficient (Wildman–Crippen LogP) is 1.53. The molecule has 0 aliphatic heterocycles. The minimum Gasteiger partial charge on any atom is -0.481 e. The molecule has 1 rings (SSSR count). The lowest BCUT2D eigenvalue weighted by atomic mass is 10.5. The van der Waals surface area contributed by atoms with Crippen LogP contribution in [0.3, 0.4) is 0 Å². The molecule has 1 aromatic heterocycles.